The number of hydrogen-bond acceptors (Lipinski definition) is 4. The largest absolute Gasteiger partial charge is 0.495 e. The molecular weight excluding hydrogens is 355 g/mol. The molecule has 0 aliphatic heterocycles. The van der Waals surface area contributed by atoms with Gasteiger partial charge in [-0.05, 0) is 36.4 Å². The van der Waals surface area contributed by atoms with Crippen LogP contribution in [-0.2, 0) is 0 Å². The van der Waals surface area contributed by atoms with Gasteiger partial charge in [0.1, 0.15) is 12.0 Å². The second kappa shape index (κ2) is 7.81. The Morgan fingerprint density at radius 1 is 1.12 bits per heavy atom. The van der Waals surface area contributed by atoms with Gasteiger partial charge < -0.3 is 10.1 Å². The normalized spacial score (nSPS) is 9.96. The molecule has 0 bridgehead atoms. The molecule has 8 heteroatoms. The number of hydrogen-bond donors (Lipinski definition) is 2. The van der Waals surface area contributed by atoms with Crippen LogP contribution in [0, 0.1) is 0 Å². The van der Waals surface area contributed by atoms with E-state index in [1.165, 1.54) is 43.5 Å². The Bertz CT molecular complexity index is 809. The van der Waals surface area contributed by atoms with Crippen LogP contribution >= 0.6 is 23.2 Å². The number of carbonyl (C=O) groups excluding carboxylic acids is 3. The zero-order chi connectivity index (χ0) is 17.7. The highest BCUT2D eigenvalue weighted by molar-refractivity contribution is 6.37. The van der Waals surface area contributed by atoms with E-state index in [0.717, 1.165) is 0 Å². The lowest BCUT2D eigenvalue weighted by atomic mass is 10.2. The highest BCUT2D eigenvalue weighted by atomic mass is 35.5. The van der Waals surface area contributed by atoms with Crippen LogP contribution in [0.15, 0.2) is 36.4 Å². The number of nitrogens with one attached hydrogen (secondary N) is 2. The summed E-state index contributed by atoms with van der Waals surface area (Å²) < 4.78 is 5.09. The Morgan fingerprint density at radius 2 is 1.88 bits per heavy atom. The molecule has 2 rings (SSSR count). The number of aldehydes is 1. The summed E-state index contributed by atoms with van der Waals surface area (Å²) in [5.74, 6) is -0.399. The van der Waals surface area contributed by atoms with E-state index in [1.54, 1.807) is 0 Å². The molecule has 24 heavy (non-hydrogen) atoms. The lowest BCUT2D eigenvalue weighted by Crippen LogP contribution is -2.34. The van der Waals surface area contributed by atoms with Gasteiger partial charge in [-0.15, -0.1) is 0 Å². The number of rotatable bonds is 4. The summed E-state index contributed by atoms with van der Waals surface area (Å²) >= 11 is 11.7. The maximum atomic E-state index is 12.1. The van der Waals surface area contributed by atoms with Gasteiger partial charge in [0.25, 0.3) is 5.91 Å². The summed E-state index contributed by atoms with van der Waals surface area (Å²) in [5, 5.41) is 5.11. The van der Waals surface area contributed by atoms with Crippen LogP contribution < -0.4 is 15.4 Å². The number of imide groups is 1. The third-order valence-corrected chi connectivity index (χ3v) is 3.56. The predicted molar refractivity (Wildman–Crippen MR) is 91.3 cm³/mol. The van der Waals surface area contributed by atoms with E-state index in [2.05, 4.69) is 10.6 Å². The third kappa shape index (κ3) is 4.24. The van der Waals surface area contributed by atoms with Gasteiger partial charge in [-0.1, -0.05) is 23.2 Å². The summed E-state index contributed by atoms with van der Waals surface area (Å²) in [7, 11) is 1.39. The van der Waals surface area contributed by atoms with E-state index in [9.17, 15) is 14.4 Å². The van der Waals surface area contributed by atoms with Crippen LogP contribution in [0.4, 0.5) is 10.5 Å². The van der Waals surface area contributed by atoms with Crippen molar-refractivity contribution >= 4 is 47.1 Å². The van der Waals surface area contributed by atoms with Crippen molar-refractivity contribution in [1.82, 2.24) is 5.32 Å². The van der Waals surface area contributed by atoms with Crippen molar-refractivity contribution in [3.8, 4) is 5.75 Å². The molecule has 0 radical (unpaired) electrons. The molecule has 2 aromatic carbocycles. The van der Waals surface area contributed by atoms with Gasteiger partial charge in [-0.2, -0.15) is 0 Å². The van der Waals surface area contributed by atoms with Crippen molar-refractivity contribution < 1.29 is 19.1 Å². The van der Waals surface area contributed by atoms with Gasteiger partial charge >= 0.3 is 6.03 Å². The van der Waals surface area contributed by atoms with Crippen LogP contribution in [0.25, 0.3) is 0 Å². The predicted octanol–water partition coefficient (Wildman–Crippen LogP) is 3.78. The maximum absolute atomic E-state index is 12.1. The quantitative estimate of drug-likeness (QED) is 0.806. The van der Waals surface area contributed by atoms with E-state index >= 15 is 0 Å². The molecule has 0 aromatic heterocycles. The van der Waals surface area contributed by atoms with E-state index in [1.807, 2.05) is 0 Å². The van der Waals surface area contributed by atoms with Crippen molar-refractivity contribution in [1.29, 1.82) is 0 Å². The minimum absolute atomic E-state index is 0.111. The van der Waals surface area contributed by atoms with E-state index < -0.39 is 11.9 Å². The lowest BCUT2D eigenvalue weighted by molar-refractivity contribution is 0.0967. The number of anilines is 1. The molecule has 0 unspecified atom stereocenters. The van der Waals surface area contributed by atoms with E-state index in [4.69, 9.17) is 27.9 Å². The second-order valence-electron chi connectivity index (χ2n) is 4.61. The Hall–Kier alpha value is -2.57. The minimum Gasteiger partial charge on any atom is -0.495 e. The highest BCUT2D eigenvalue weighted by Crippen LogP contribution is 2.25. The Morgan fingerprint density at radius 3 is 2.50 bits per heavy atom. The number of urea groups is 1. The molecule has 6 nitrogen and oxygen atoms in total. The molecule has 0 fully saturated rings. The average Bonchev–Trinajstić information content (AvgIpc) is 2.54. The van der Waals surface area contributed by atoms with Gasteiger partial charge in [0.2, 0.25) is 0 Å². The fourth-order valence-electron chi connectivity index (χ4n) is 1.88. The van der Waals surface area contributed by atoms with Crippen molar-refractivity contribution in [2.75, 3.05) is 12.4 Å². The lowest BCUT2D eigenvalue weighted by Gasteiger charge is -2.11. The number of carbonyl (C=O) groups is 3. The molecule has 3 amide bonds. The van der Waals surface area contributed by atoms with E-state index in [-0.39, 0.29) is 16.3 Å². The fraction of sp³-hybridized carbons (Fsp3) is 0.0625. The molecule has 0 saturated heterocycles. The average molecular weight is 367 g/mol. The molecule has 2 aromatic rings. The fourth-order valence-corrected chi connectivity index (χ4v) is 2.38. The zero-order valence-electron chi connectivity index (χ0n) is 12.4. The Kier molecular flexibility index (Phi) is 5.78. The number of amides is 3. The molecule has 0 atom stereocenters. The SMILES string of the molecule is COc1cc(C=O)ccc1NC(=O)NC(=O)c1ccc(Cl)cc1Cl. The van der Waals surface area contributed by atoms with E-state index in [0.29, 0.717) is 22.6 Å². The van der Waals surface area contributed by atoms with Crippen molar-refractivity contribution in [2.24, 2.45) is 0 Å². The molecule has 0 aliphatic rings. The summed E-state index contributed by atoms with van der Waals surface area (Å²) in [4.78, 5) is 34.8. The number of halogens is 2. The molecule has 0 heterocycles. The van der Waals surface area contributed by atoms with Crippen molar-refractivity contribution in [2.45, 2.75) is 0 Å². The Labute approximate surface area is 147 Å². The second-order valence-corrected chi connectivity index (χ2v) is 5.45. The zero-order valence-corrected chi connectivity index (χ0v) is 13.9. The summed E-state index contributed by atoms with van der Waals surface area (Å²) in [5.41, 5.74) is 0.803. The molecule has 124 valence electrons. The molecule has 2 N–H and O–H groups in total. The molecule has 0 aliphatic carbocycles. The van der Waals surface area contributed by atoms with Crippen LogP contribution in [0.2, 0.25) is 10.0 Å². The van der Waals surface area contributed by atoms with Crippen LogP contribution in [0.3, 0.4) is 0 Å². The number of benzene rings is 2. The van der Waals surface area contributed by atoms with Gasteiger partial charge in [-0.25, -0.2) is 4.79 Å². The summed E-state index contributed by atoms with van der Waals surface area (Å²) in [6.45, 7) is 0. The van der Waals surface area contributed by atoms with Gasteiger partial charge in [-0.3, -0.25) is 14.9 Å². The van der Waals surface area contributed by atoms with Gasteiger partial charge in [0.15, 0.2) is 0 Å². The van der Waals surface area contributed by atoms with Gasteiger partial charge in [0.05, 0.1) is 23.4 Å². The van der Waals surface area contributed by atoms with Crippen molar-refractivity contribution in [3.63, 3.8) is 0 Å². The standard InChI is InChI=1S/C16H12Cl2N2O4/c1-24-14-6-9(8-21)2-5-13(14)19-16(23)20-15(22)11-4-3-10(17)7-12(11)18/h2-8H,1H3,(H2,19,20,22,23). The van der Waals surface area contributed by atoms with Crippen LogP contribution in [0.5, 0.6) is 5.75 Å². The van der Waals surface area contributed by atoms with Crippen molar-refractivity contribution in [3.05, 3.63) is 57.6 Å². The van der Waals surface area contributed by atoms with Gasteiger partial charge in [0, 0.05) is 10.6 Å². The Balaban J connectivity index is 2.10. The molecule has 0 saturated carbocycles. The van der Waals surface area contributed by atoms with Crippen LogP contribution in [-0.4, -0.2) is 25.3 Å². The number of ether oxygens (including phenoxy) is 1. The molecule has 0 spiro atoms. The smallest absolute Gasteiger partial charge is 0.326 e. The number of methoxy groups -OCH3 is 1. The topological polar surface area (TPSA) is 84.5 Å². The molecular formula is C16H12Cl2N2O4. The monoisotopic (exact) mass is 366 g/mol. The minimum atomic E-state index is -0.775. The van der Waals surface area contributed by atoms with Crippen LogP contribution in [0.1, 0.15) is 20.7 Å². The highest BCUT2D eigenvalue weighted by Gasteiger charge is 2.15. The first-order chi connectivity index (χ1) is 11.4. The first-order valence-electron chi connectivity index (χ1n) is 6.65. The summed E-state index contributed by atoms with van der Waals surface area (Å²) in [6.07, 6.45) is 0.651. The summed E-state index contributed by atoms with van der Waals surface area (Å²) in [6, 6.07) is 7.97. The first-order valence-corrected chi connectivity index (χ1v) is 7.40. The maximum Gasteiger partial charge on any atom is 0.326 e. The first kappa shape index (κ1) is 17.8. The third-order valence-electron chi connectivity index (χ3n) is 3.01.